The van der Waals surface area contributed by atoms with Gasteiger partial charge in [-0.1, -0.05) is 30.3 Å². The molecule has 2 aliphatic rings. The molecule has 0 spiro atoms. The second kappa shape index (κ2) is 6.90. The Balaban J connectivity index is 1.40. The highest BCUT2D eigenvalue weighted by Crippen LogP contribution is 2.28. The largest absolute Gasteiger partial charge is 0.295 e. The van der Waals surface area contributed by atoms with E-state index in [1.807, 2.05) is 16.8 Å². The van der Waals surface area contributed by atoms with Crippen molar-refractivity contribution in [3.8, 4) is 0 Å². The minimum atomic E-state index is -3.15. The van der Waals surface area contributed by atoms with E-state index in [1.165, 1.54) is 5.56 Å². The number of nitrogens with one attached hydrogen (secondary N) is 1. The topological polar surface area (TPSA) is 67.2 Å². The Morgan fingerprint density at radius 1 is 1.16 bits per heavy atom. The van der Waals surface area contributed by atoms with Crippen LogP contribution in [-0.4, -0.2) is 48.0 Å². The summed E-state index contributed by atoms with van der Waals surface area (Å²) in [5.74, 6) is 0. The Hall–Kier alpha value is -1.70. The fraction of sp³-hybridized carbons (Fsp3) is 0.500. The van der Waals surface area contributed by atoms with Gasteiger partial charge in [-0.25, -0.2) is 13.1 Å². The zero-order chi connectivity index (χ0) is 17.3. The molecule has 1 aliphatic carbocycles. The third kappa shape index (κ3) is 3.94. The van der Waals surface area contributed by atoms with Gasteiger partial charge in [-0.2, -0.15) is 5.10 Å². The predicted molar refractivity (Wildman–Crippen MR) is 96.6 cm³/mol. The lowest BCUT2D eigenvalue weighted by Crippen LogP contribution is -2.44. The van der Waals surface area contributed by atoms with Crippen LogP contribution in [0.2, 0.25) is 0 Å². The van der Waals surface area contributed by atoms with E-state index in [0.717, 1.165) is 44.6 Å². The summed E-state index contributed by atoms with van der Waals surface area (Å²) in [6.07, 6.45) is 4.38. The van der Waals surface area contributed by atoms with Crippen LogP contribution >= 0.6 is 0 Å². The van der Waals surface area contributed by atoms with Gasteiger partial charge < -0.3 is 0 Å². The van der Waals surface area contributed by atoms with E-state index >= 15 is 0 Å². The van der Waals surface area contributed by atoms with E-state index in [1.54, 1.807) is 6.20 Å². The molecule has 25 heavy (non-hydrogen) atoms. The van der Waals surface area contributed by atoms with Crippen molar-refractivity contribution < 1.29 is 8.42 Å². The third-order valence-corrected chi connectivity index (χ3v) is 6.91. The van der Waals surface area contributed by atoms with Gasteiger partial charge in [0.1, 0.15) is 0 Å². The highest BCUT2D eigenvalue weighted by atomic mass is 32.2. The normalized spacial score (nSPS) is 21.2. The minimum Gasteiger partial charge on any atom is -0.295 e. The molecule has 1 saturated carbocycles. The number of sulfonamides is 1. The van der Waals surface area contributed by atoms with Crippen molar-refractivity contribution in [2.45, 2.75) is 37.1 Å². The van der Waals surface area contributed by atoms with Crippen molar-refractivity contribution >= 4 is 10.0 Å². The highest BCUT2D eigenvalue weighted by molar-refractivity contribution is 7.90. The van der Waals surface area contributed by atoms with Crippen LogP contribution in [0, 0.1) is 0 Å². The van der Waals surface area contributed by atoms with Crippen molar-refractivity contribution in [3.05, 3.63) is 53.9 Å². The molecule has 134 valence electrons. The Morgan fingerprint density at radius 3 is 2.72 bits per heavy atom. The van der Waals surface area contributed by atoms with Crippen LogP contribution in [0.15, 0.2) is 42.6 Å². The summed E-state index contributed by atoms with van der Waals surface area (Å²) in [5, 5.41) is 4.23. The van der Waals surface area contributed by atoms with Crippen LogP contribution < -0.4 is 4.72 Å². The fourth-order valence-electron chi connectivity index (χ4n) is 3.43. The standard InChI is InChI=1S/C18H24N4O2S/c23-25(24,18-6-7-18)20-12-17-14-21(13-16-8-10-19-22(16)17)11-9-15-4-2-1-3-5-15/h1-5,8,10,17-18,20H,6-7,9,11-14H2/t17-/m0/s1. The maximum absolute atomic E-state index is 12.1. The third-order valence-electron chi connectivity index (χ3n) is 5.00. The summed E-state index contributed by atoms with van der Waals surface area (Å²) in [7, 11) is -3.15. The quantitative estimate of drug-likeness (QED) is 0.814. The molecule has 0 bridgehead atoms. The summed E-state index contributed by atoms with van der Waals surface area (Å²) >= 11 is 0. The summed E-state index contributed by atoms with van der Waals surface area (Å²) in [4.78, 5) is 2.39. The molecule has 1 N–H and O–H groups in total. The fourth-order valence-corrected chi connectivity index (χ4v) is 4.84. The van der Waals surface area contributed by atoms with E-state index in [9.17, 15) is 8.42 Å². The lowest BCUT2D eigenvalue weighted by atomic mass is 10.1. The van der Waals surface area contributed by atoms with E-state index in [4.69, 9.17) is 0 Å². The van der Waals surface area contributed by atoms with Gasteiger partial charge in [-0.3, -0.25) is 9.58 Å². The van der Waals surface area contributed by atoms with E-state index in [2.05, 4.69) is 39.0 Å². The van der Waals surface area contributed by atoms with Crippen molar-refractivity contribution in [3.63, 3.8) is 0 Å². The molecule has 2 aromatic rings. The van der Waals surface area contributed by atoms with Crippen molar-refractivity contribution in [1.29, 1.82) is 0 Å². The monoisotopic (exact) mass is 360 g/mol. The molecule has 1 aromatic heterocycles. The van der Waals surface area contributed by atoms with Crippen molar-refractivity contribution in [2.75, 3.05) is 19.6 Å². The average molecular weight is 360 g/mol. The number of rotatable bonds is 7. The molecule has 1 aromatic carbocycles. The van der Waals surface area contributed by atoms with Gasteiger partial charge in [0, 0.05) is 32.4 Å². The van der Waals surface area contributed by atoms with E-state index in [0.29, 0.717) is 6.54 Å². The zero-order valence-electron chi connectivity index (χ0n) is 14.2. The molecule has 0 unspecified atom stereocenters. The first kappa shape index (κ1) is 16.8. The van der Waals surface area contributed by atoms with Gasteiger partial charge >= 0.3 is 0 Å². The van der Waals surface area contributed by atoms with Crippen LogP contribution in [0.4, 0.5) is 0 Å². The number of nitrogens with zero attached hydrogens (tertiary/aromatic N) is 3. The van der Waals surface area contributed by atoms with E-state index in [-0.39, 0.29) is 11.3 Å². The smallest absolute Gasteiger partial charge is 0.214 e. The first-order valence-electron chi connectivity index (χ1n) is 8.89. The van der Waals surface area contributed by atoms with Gasteiger partial charge in [0.25, 0.3) is 0 Å². The second-order valence-corrected chi connectivity index (χ2v) is 9.03. The van der Waals surface area contributed by atoms with E-state index < -0.39 is 10.0 Å². The number of fused-ring (bicyclic) bond motifs is 1. The summed E-state index contributed by atoms with van der Waals surface area (Å²) in [6.45, 7) is 3.05. The van der Waals surface area contributed by atoms with Gasteiger partial charge in [0.05, 0.1) is 17.0 Å². The van der Waals surface area contributed by atoms with Gasteiger partial charge in [-0.05, 0) is 30.9 Å². The molecule has 1 aliphatic heterocycles. The van der Waals surface area contributed by atoms with Crippen LogP contribution in [-0.2, 0) is 23.0 Å². The first-order valence-corrected chi connectivity index (χ1v) is 10.4. The summed E-state index contributed by atoms with van der Waals surface area (Å²) in [5.41, 5.74) is 2.47. The van der Waals surface area contributed by atoms with Gasteiger partial charge in [0.2, 0.25) is 10.0 Å². The van der Waals surface area contributed by atoms with Gasteiger partial charge in [0.15, 0.2) is 0 Å². The molecule has 7 heteroatoms. The average Bonchev–Trinajstić information content (AvgIpc) is 3.38. The molecule has 2 heterocycles. The molecule has 0 saturated heterocycles. The highest BCUT2D eigenvalue weighted by Gasteiger charge is 2.36. The molecular formula is C18H24N4O2S. The lowest BCUT2D eigenvalue weighted by molar-refractivity contribution is 0.177. The Labute approximate surface area is 148 Å². The molecule has 4 rings (SSSR count). The summed E-state index contributed by atoms with van der Waals surface area (Å²) < 4.78 is 29.0. The molecule has 6 nitrogen and oxygen atoms in total. The number of hydrogen-bond donors (Lipinski definition) is 1. The molecule has 0 amide bonds. The SMILES string of the molecule is O=S(=O)(NC[C@H]1CN(CCc2ccccc2)Cc2ccnn21)C1CC1. The summed E-state index contributed by atoms with van der Waals surface area (Å²) in [6, 6.07) is 12.5. The lowest BCUT2D eigenvalue weighted by Gasteiger charge is -2.34. The van der Waals surface area contributed by atoms with Crippen molar-refractivity contribution in [1.82, 2.24) is 19.4 Å². The van der Waals surface area contributed by atoms with Crippen LogP contribution in [0.5, 0.6) is 0 Å². The predicted octanol–water partition coefficient (Wildman–Crippen LogP) is 1.56. The van der Waals surface area contributed by atoms with Crippen LogP contribution in [0.1, 0.15) is 30.1 Å². The second-order valence-electron chi connectivity index (χ2n) is 6.98. The van der Waals surface area contributed by atoms with Gasteiger partial charge in [-0.15, -0.1) is 0 Å². The Morgan fingerprint density at radius 2 is 1.96 bits per heavy atom. The minimum absolute atomic E-state index is 0.0445. The van der Waals surface area contributed by atoms with Crippen molar-refractivity contribution in [2.24, 2.45) is 0 Å². The zero-order valence-corrected chi connectivity index (χ0v) is 15.0. The van der Waals surface area contributed by atoms with Crippen LogP contribution in [0.25, 0.3) is 0 Å². The molecule has 1 atom stereocenters. The number of benzene rings is 1. The molecular weight excluding hydrogens is 336 g/mol. The maximum Gasteiger partial charge on any atom is 0.214 e. The number of hydrogen-bond acceptors (Lipinski definition) is 4. The Kier molecular flexibility index (Phi) is 4.62. The number of aromatic nitrogens is 2. The Bertz CT molecular complexity index is 815. The first-order chi connectivity index (χ1) is 12.1. The van der Waals surface area contributed by atoms with Crippen LogP contribution in [0.3, 0.4) is 0 Å². The molecule has 1 fully saturated rings. The maximum atomic E-state index is 12.1. The molecule has 0 radical (unpaired) electrons.